The molecule has 1 amide bonds. The van der Waals surface area contributed by atoms with Crippen LogP contribution in [0.4, 0.5) is 0 Å². The van der Waals surface area contributed by atoms with Gasteiger partial charge in [-0.2, -0.15) is 0 Å². The average Bonchev–Trinajstić information content (AvgIpc) is 2.48. The lowest BCUT2D eigenvalue weighted by molar-refractivity contribution is 0.0952. The van der Waals surface area contributed by atoms with Crippen molar-refractivity contribution in [1.82, 2.24) is 5.32 Å². The Hall–Kier alpha value is -1.22. The molecule has 0 saturated heterocycles. The second-order valence-electron chi connectivity index (χ2n) is 5.40. The second kappa shape index (κ2) is 10.5. The van der Waals surface area contributed by atoms with Crippen LogP contribution in [-0.4, -0.2) is 17.6 Å². The Labute approximate surface area is 132 Å². The van der Waals surface area contributed by atoms with E-state index in [1.54, 1.807) is 6.07 Å². The molecule has 2 N–H and O–H groups in total. The lowest BCUT2D eigenvalue weighted by Gasteiger charge is -2.06. The Morgan fingerprint density at radius 1 is 1.10 bits per heavy atom. The molecule has 0 saturated carbocycles. The highest BCUT2D eigenvalue weighted by Crippen LogP contribution is 2.23. The highest BCUT2D eigenvalue weighted by molar-refractivity contribution is 6.32. The molecule has 1 rings (SSSR count). The van der Waals surface area contributed by atoms with Gasteiger partial charge in [0, 0.05) is 12.1 Å². The largest absolute Gasteiger partial charge is 0.506 e. The van der Waals surface area contributed by atoms with E-state index in [9.17, 15) is 9.90 Å². The number of hydrogen-bond donors (Lipinski definition) is 2. The summed E-state index contributed by atoms with van der Waals surface area (Å²) in [7, 11) is 0. The van der Waals surface area contributed by atoms with Gasteiger partial charge in [0.05, 0.1) is 5.02 Å². The summed E-state index contributed by atoms with van der Waals surface area (Å²) in [5.74, 6) is -0.221. The number of amides is 1. The molecule has 1 aromatic carbocycles. The Morgan fingerprint density at radius 2 is 1.71 bits per heavy atom. The summed E-state index contributed by atoms with van der Waals surface area (Å²) < 4.78 is 0. The van der Waals surface area contributed by atoms with Crippen molar-refractivity contribution in [2.45, 2.75) is 58.3 Å². The first-order valence-electron chi connectivity index (χ1n) is 7.92. The highest BCUT2D eigenvalue weighted by atomic mass is 35.5. The normalized spacial score (nSPS) is 10.6. The molecule has 0 bridgehead atoms. The smallest absolute Gasteiger partial charge is 0.251 e. The fourth-order valence-corrected chi connectivity index (χ4v) is 2.33. The molecule has 0 spiro atoms. The molecule has 0 aliphatic carbocycles. The summed E-state index contributed by atoms with van der Waals surface area (Å²) >= 11 is 5.71. The quantitative estimate of drug-likeness (QED) is 0.603. The molecular weight excluding hydrogens is 286 g/mol. The van der Waals surface area contributed by atoms with Crippen LogP contribution in [0.25, 0.3) is 0 Å². The third kappa shape index (κ3) is 7.37. The zero-order valence-corrected chi connectivity index (χ0v) is 13.6. The predicted molar refractivity (Wildman–Crippen MR) is 88.1 cm³/mol. The summed E-state index contributed by atoms with van der Waals surface area (Å²) in [6.07, 6.45) is 9.96. The summed E-state index contributed by atoms with van der Waals surface area (Å²) in [5, 5.41) is 12.6. The number of benzene rings is 1. The molecule has 118 valence electrons. The van der Waals surface area contributed by atoms with Gasteiger partial charge in [-0.15, -0.1) is 0 Å². The predicted octanol–water partition coefficient (Wildman–Crippen LogP) is 4.92. The van der Waals surface area contributed by atoms with Crippen LogP contribution in [0.1, 0.15) is 68.6 Å². The number of aromatic hydroxyl groups is 1. The fraction of sp³-hybridized carbons (Fsp3) is 0.588. The van der Waals surface area contributed by atoms with E-state index in [0.29, 0.717) is 12.1 Å². The molecule has 1 aromatic rings. The van der Waals surface area contributed by atoms with E-state index < -0.39 is 0 Å². The third-order valence-electron chi connectivity index (χ3n) is 3.52. The standard InChI is InChI=1S/C17H26ClNO2/c1-2-3-4-5-6-7-8-9-12-19-17(21)14-10-11-15(18)16(20)13-14/h10-11,13,20H,2-9,12H2,1H3,(H,19,21). The molecule has 0 unspecified atom stereocenters. The van der Waals surface area contributed by atoms with Crippen LogP contribution >= 0.6 is 11.6 Å². The van der Waals surface area contributed by atoms with Crippen molar-refractivity contribution in [2.75, 3.05) is 6.54 Å². The van der Waals surface area contributed by atoms with Crippen LogP contribution < -0.4 is 5.32 Å². The number of nitrogens with one attached hydrogen (secondary N) is 1. The van der Waals surface area contributed by atoms with E-state index in [4.69, 9.17) is 11.6 Å². The van der Waals surface area contributed by atoms with Gasteiger partial charge in [-0.25, -0.2) is 0 Å². The number of carbonyl (C=O) groups excluding carboxylic acids is 1. The van der Waals surface area contributed by atoms with Crippen molar-refractivity contribution in [1.29, 1.82) is 0 Å². The van der Waals surface area contributed by atoms with Crippen LogP contribution in [0.15, 0.2) is 18.2 Å². The number of hydrogen-bond acceptors (Lipinski definition) is 2. The highest BCUT2D eigenvalue weighted by Gasteiger charge is 2.07. The zero-order valence-electron chi connectivity index (χ0n) is 12.8. The lowest BCUT2D eigenvalue weighted by atomic mass is 10.1. The minimum absolute atomic E-state index is 0.0589. The molecule has 21 heavy (non-hydrogen) atoms. The number of halogens is 1. The summed E-state index contributed by atoms with van der Waals surface area (Å²) in [4.78, 5) is 11.8. The van der Waals surface area contributed by atoms with Gasteiger partial charge in [0.2, 0.25) is 0 Å². The van der Waals surface area contributed by atoms with Crippen molar-refractivity contribution >= 4 is 17.5 Å². The van der Waals surface area contributed by atoms with Gasteiger partial charge in [0.15, 0.2) is 0 Å². The van der Waals surface area contributed by atoms with Crippen LogP contribution in [0.3, 0.4) is 0 Å². The van der Waals surface area contributed by atoms with Gasteiger partial charge in [0.25, 0.3) is 5.91 Å². The first-order chi connectivity index (χ1) is 10.1. The Kier molecular flexibility index (Phi) is 8.91. The van der Waals surface area contributed by atoms with E-state index in [1.807, 2.05) is 0 Å². The van der Waals surface area contributed by atoms with Crippen LogP contribution in [0.5, 0.6) is 5.75 Å². The van der Waals surface area contributed by atoms with Gasteiger partial charge < -0.3 is 10.4 Å². The van der Waals surface area contributed by atoms with E-state index in [-0.39, 0.29) is 16.7 Å². The monoisotopic (exact) mass is 311 g/mol. The maximum Gasteiger partial charge on any atom is 0.251 e. The van der Waals surface area contributed by atoms with Crippen molar-refractivity contribution in [2.24, 2.45) is 0 Å². The summed E-state index contributed by atoms with van der Waals surface area (Å²) in [6, 6.07) is 4.54. The maximum atomic E-state index is 11.8. The van der Waals surface area contributed by atoms with Crippen molar-refractivity contribution < 1.29 is 9.90 Å². The van der Waals surface area contributed by atoms with E-state index >= 15 is 0 Å². The maximum absolute atomic E-state index is 11.8. The van der Waals surface area contributed by atoms with Gasteiger partial charge in [-0.1, -0.05) is 63.5 Å². The topological polar surface area (TPSA) is 49.3 Å². The summed E-state index contributed by atoms with van der Waals surface area (Å²) in [5.41, 5.74) is 0.441. The lowest BCUT2D eigenvalue weighted by Crippen LogP contribution is -2.24. The number of unbranched alkanes of at least 4 members (excludes halogenated alkanes) is 7. The number of rotatable bonds is 10. The van der Waals surface area contributed by atoms with Gasteiger partial charge in [-0.3, -0.25) is 4.79 Å². The number of phenols is 1. The molecule has 0 atom stereocenters. The minimum Gasteiger partial charge on any atom is -0.506 e. The molecule has 0 fully saturated rings. The number of carbonyl (C=O) groups is 1. The van der Waals surface area contributed by atoms with Crippen molar-refractivity contribution in [3.63, 3.8) is 0 Å². The molecule has 0 aliphatic rings. The molecule has 0 aromatic heterocycles. The van der Waals surface area contributed by atoms with E-state index in [2.05, 4.69) is 12.2 Å². The van der Waals surface area contributed by atoms with Crippen LogP contribution in [0.2, 0.25) is 5.02 Å². The molecular formula is C17H26ClNO2. The Bertz CT molecular complexity index is 435. The molecule has 3 nitrogen and oxygen atoms in total. The van der Waals surface area contributed by atoms with Crippen LogP contribution in [-0.2, 0) is 0 Å². The van der Waals surface area contributed by atoms with Crippen LogP contribution in [0, 0.1) is 0 Å². The average molecular weight is 312 g/mol. The fourth-order valence-electron chi connectivity index (χ4n) is 2.22. The molecule has 0 aliphatic heterocycles. The zero-order chi connectivity index (χ0) is 15.5. The minimum atomic E-state index is -0.162. The SMILES string of the molecule is CCCCCCCCCCNC(=O)c1ccc(Cl)c(O)c1. The Morgan fingerprint density at radius 3 is 2.33 bits per heavy atom. The second-order valence-corrected chi connectivity index (χ2v) is 5.80. The molecule has 4 heteroatoms. The summed E-state index contributed by atoms with van der Waals surface area (Å²) in [6.45, 7) is 2.90. The van der Waals surface area contributed by atoms with Gasteiger partial charge in [-0.05, 0) is 24.6 Å². The van der Waals surface area contributed by atoms with E-state index in [1.165, 1.54) is 50.7 Å². The molecule has 0 radical (unpaired) electrons. The first kappa shape index (κ1) is 17.8. The number of phenolic OH excluding ortho intramolecular Hbond substituents is 1. The first-order valence-corrected chi connectivity index (χ1v) is 8.29. The molecule has 0 heterocycles. The van der Waals surface area contributed by atoms with Gasteiger partial charge >= 0.3 is 0 Å². The third-order valence-corrected chi connectivity index (χ3v) is 3.84. The Balaban J connectivity index is 2.09. The van der Waals surface area contributed by atoms with E-state index in [0.717, 1.165) is 12.8 Å². The van der Waals surface area contributed by atoms with Crippen molar-refractivity contribution in [3.8, 4) is 5.75 Å². The van der Waals surface area contributed by atoms with Gasteiger partial charge in [0.1, 0.15) is 5.75 Å². The van der Waals surface area contributed by atoms with Crippen molar-refractivity contribution in [3.05, 3.63) is 28.8 Å².